The molecular weight excluding hydrogens is 438 g/mol. The fraction of sp³-hybridized carbons (Fsp3) is 0.433. The van der Waals surface area contributed by atoms with Gasteiger partial charge in [0.2, 0.25) is 0 Å². The van der Waals surface area contributed by atoms with E-state index in [0.717, 1.165) is 31.5 Å². The predicted octanol–water partition coefficient (Wildman–Crippen LogP) is 7.70. The largest absolute Gasteiger partial charge is 0.358 e. The van der Waals surface area contributed by atoms with Crippen LogP contribution in [0, 0.1) is 0 Å². The minimum Gasteiger partial charge on any atom is -0.358 e. The lowest BCUT2D eigenvalue weighted by atomic mass is 9.86. The summed E-state index contributed by atoms with van der Waals surface area (Å²) < 4.78 is 6.34. The van der Waals surface area contributed by atoms with Gasteiger partial charge in [-0.05, 0) is 59.2 Å². The van der Waals surface area contributed by atoms with E-state index in [1.807, 2.05) is 12.1 Å². The molecule has 0 saturated carbocycles. The Labute approximate surface area is 208 Å². The molecule has 0 radical (unpaired) electrons. The molecule has 1 atom stereocenters. The van der Waals surface area contributed by atoms with Gasteiger partial charge in [-0.3, -0.25) is 9.69 Å². The van der Waals surface area contributed by atoms with Gasteiger partial charge in [-0.15, -0.1) is 11.3 Å². The van der Waals surface area contributed by atoms with Crippen LogP contribution in [0.3, 0.4) is 0 Å². The maximum atomic E-state index is 12.7. The van der Waals surface area contributed by atoms with Crippen LogP contribution in [0.5, 0.6) is 0 Å². The minimum absolute atomic E-state index is 0.108. The fourth-order valence-corrected chi connectivity index (χ4v) is 5.28. The van der Waals surface area contributed by atoms with Gasteiger partial charge in [0, 0.05) is 30.0 Å². The van der Waals surface area contributed by atoms with Crippen LogP contribution in [0.15, 0.2) is 66.0 Å². The Balaban J connectivity index is 1.25. The molecule has 0 spiro atoms. The highest BCUT2D eigenvalue weighted by atomic mass is 32.1. The SMILES string of the molecule is CC(C)(C)c1ccc(C(=O)CCCN2CCCCC2OCc2ccc(-c3cccs3)cc2)cc1. The Bertz CT molecular complexity index is 1030. The quantitative estimate of drug-likeness (QED) is 0.297. The van der Waals surface area contributed by atoms with Crippen molar-refractivity contribution < 1.29 is 9.53 Å². The molecule has 2 aromatic carbocycles. The lowest BCUT2D eigenvalue weighted by Gasteiger charge is -2.35. The first-order chi connectivity index (χ1) is 16.4. The second-order valence-electron chi connectivity index (χ2n) is 10.3. The summed E-state index contributed by atoms with van der Waals surface area (Å²) in [6.45, 7) is 9.18. The van der Waals surface area contributed by atoms with Crippen molar-refractivity contribution in [2.45, 2.75) is 71.1 Å². The lowest BCUT2D eigenvalue weighted by molar-refractivity contribution is -0.0882. The average molecular weight is 476 g/mol. The van der Waals surface area contributed by atoms with Crippen molar-refractivity contribution in [1.82, 2.24) is 4.90 Å². The van der Waals surface area contributed by atoms with Crippen molar-refractivity contribution >= 4 is 17.1 Å². The van der Waals surface area contributed by atoms with Gasteiger partial charge in [-0.25, -0.2) is 0 Å². The third-order valence-corrected chi connectivity index (χ3v) is 7.60. The number of benzene rings is 2. The molecule has 3 aromatic rings. The molecule has 2 heterocycles. The van der Waals surface area contributed by atoms with Gasteiger partial charge >= 0.3 is 0 Å². The number of rotatable bonds is 9. The molecule has 180 valence electrons. The summed E-state index contributed by atoms with van der Waals surface area (Å²) in [5.74, 6) is 0.237. The monoisotopic (exact) mass is 475 g/mol. The molecule has 0 bridgehead atoms. The molecule has 0 N–H and O–H groups in total. The van der Waals surface area contributed by atoms with Crippen LogP contribution in [-0.4, -0.2) is 30.0 Å². The van der Waals surface area contributed by atoms with Gasteiger partial charge in [0.25, 0.3) is 0 Å². The number of ketones is 1. The van der Waals surface area contributed by atoms with Gasteiger partial charge in [0.05, 0.1) is 6.61 Å². The number of ether oxygens (including phenoxy) is 1. The van der Waals surface area contributed by atoms with Crippen molar-refractivity contribution in [3.8, 4) is 10.4 Å². The molecule has 1 aliphatic rings. The van der Waals surface area contributed by atoms with Crippen molar-refractivity contribution in [2.75, 3.05) is 13.1 Å². The lowest BCUT2D eigenvalue weighted by Crippen LogP contribution is -2.41. The van der Waals surface area contributed by atoms with E-state index < -0.39 is 0 Å². The summed E-state index contributed by atoms with van der Waals surface area (Å²) in [5, 5.41) is 2.11. The van der Waals surface area contributed by atoms with E-state index in [2.05, 4.69) is 79.6 Å². The molecule has 1 fully saturated rings. The van der Waals surface area contributed by atoms with Crippen molar-refractivity contribution in [3.05, 3.63) is 82.7 Å². The van der Waals surface area contributed by atoms with Gasteiger partial charge in [0.1, 0.15) is 6.23 Å². The molecule has 3 nitrogen and oxygen atoms in total. The topological polar surface area (TPSA) is 29.5 Å². The third kappa shape index (κ3) is 6.65. The van der Waals surface area contributed by atoms with Crippen molar-refractivity contribution in [1.29, 1.82) is 0 Å². The van der Waals surface area contributed by atoms with E-state index in [0.29, 0.717) is 13.0 Å². The zero-order chi connectivity index (χ0) is 24.0. The Hall–Kier alpha value is -2.27. The van der Waals surface area contributed by atoms with E-state index in [4.69, 9.17) is 4.74 Å². The maximum absolute atomic E-state index is 12.7. The van der Waals surface area contributed by atoms with Gasteiger partial charge in [-0.2, -0.15) is 0 Å². The zero-order valence-electron chi connectivity index (χ0n) is 20.8. The highest BCUT2D eigenvalue weighted by molar-refractivity contribution is 7.13. The summed E-state index contributed by atoms with van der Waals surface area (Å²) in [5.41, 5.74) is 4.66. The maximum Gasteiger partial charge on any atom is 0.162 e. The molecule has 0 amide bonds. The van der Waals surface area contributed by atoms with Crippen LogP contribution in [0.4, 0.5) is 0 Å². The Kier molecular flexibility index (Phi) is 8.36. The number of piperidine rings is 1. The molecule has 4 rings (SSSR count). The minimum atomic E-state index is 0.108. The number of hydrogen-bond donors (Lipinski definition) is 0. The Morgan fingerprint density at radius 3 is 2.47 bits per heavy atom. The van der Waals surface area contributed by atoms with E-state index in [9.17, 15) is 4.79 Å². The molecule has 4 heteroatoms. The van der Waals surface area contributed by atoms with Crippen LogP contribution in [0.2, 0.25) is 0 Å². The Morgan fingerprint density at radius 1 is 1.03 bits per heavy atom. The molecule has 1 unspecified atom stereocenters. The molecule has 0 aliphatic carbocycles. The number of hydrogen-bond acceptors (Lipinski definition) is 4. The smallest absolute Gasteiger partial charge is 0.162 e. The number of thiophene rings is 1. The first-order valence-corrected chi connectivity index (χ1v) is 13.4. The highest BCUT2D eigenvalue weighted by Crippen LogP contribution is 2.26. The summed E-state index contributed by atoms with van der Waals surface area (Å²) in [6.07, 6.45) is 5.08. The van der Waals surface area contributed by atoms with Crippen molar-refractivity contribution in [3.63, 3.8) is 0 Å². The standard InChI is InChI=1S/C30H37NO2S/c1-30(2,3)26-17-15-24(16-18-26)27(32)8-6-20-31-19-5-4-10-29(31)33-22-23-11-13-25(14-12-23)28-9-7-21-34-28/h7,9,11-18,21,29H,4-6,8,10,19-20,22H2,1-3H3. The van der Waals surface area contributed by atoms with Crippen LogP contribution in [0.1, 0.15) is 74.4 Å². The van der Waals surface area contributed by atoms with Crippen LogP contribution < -0.4 is 0 Å². The summed E-state index contributed by atoms with van der Waals surface area (Å²) >= 11 is 1.77. The van der Waals surface area contributed by atoms with Crippen LogP contribution in [-0.2, 0) is 16.8 Å². The number of Topliss-reactive ketones (excluding diaryl/α,β-unsaturated/α-hetero) is 1. The molecule has 34 heavy (non-hydrogen) atoms. The molecule has 1 aromatic heterocycles. The first kappa shape index (κ1) is 24.8. The zero-order valence-corrected chi connectivity index (χ0v) is 21.6. The molecule has 1 aliphatic heterocycles. The average Bonchev–Trinajstić information content (AvgIpc) is 3.38. The molecular formula is C30H37NO2S. The first-order valence-electron chi connectivity index (χ1n) is 12.5. The van der Waals surface area contributed by atoms with Crippen LogP contribution >= 0.6 is 11.3 Å². The van der Waals surface area contributed by atoms with E-state index in [1.54, 1.807) is 11.3 Å². The highest BCUT2D eigenvalue weighted by Gasteiger charge is 2.23. The van der Waals surface area contributed by atoms with Crippen LogP contribution in [0.25, 0.3) is 10.4 Å². The van der Waals surface area contributed by atoms with Gasteiger partial charge in [-0.1, -0.05) is 75.4 Å². The number of carbonyl (C=O) groups is 1. The summed E-state index contributed by atoms with van der Waals surface area (Å²) in [4.78, 5) is 16.4. The van der Waals surface area contributed by atoms with Gasteiger partial charge in [0.15, 0.2) is 5.78 Å². The molecule has 1 saturated heterocycles. The van der Waals surface area contributed by atoms with E-state index in [-0.39, 0.29) is 17.4 Å². The summed E-state index contributed by atoms with van der Waals surface area (Å²) in [7, 11) is 0. The van der Waals surface area contributed by atoms with E-state index >= 15 is 0 Å². The van der Waals surface area contributed by atoms with E-state index in [1.165, 1.54) is 34.4 Å². The number of likely N-dealkylation sites (tertiary alicyclic amines) is 1. The second kappa shape index (κ2) is 11.4. The fourth-order valence-electron chi connectivity index (χ4n) is 4.55. The summed E-state index contributed by atoms with van der Waals surface area (Å²) in [6, 6.07) is 21.1. The second-order valence-corrected chi connectivity index (χ2v) is 11.3. The Morgan fingerprint density at radius 2 is 1.79 bits per heavy atom. The van der Waals surface area contributed by atoms with Crippen molar-refractivity contribution in [2.24, 2.45) is 0 Å². The number of carbonyl (C=O) groups excluding carboxylic acids is 1. The number of nitrogens with zero attached hydrogens (tertiary/aromatic N) is 1. The normalized spacial score (nSPS) is 17.1. The van der Waals surface area contributed by atoms with Gasteiger partial charge < -0.3 is 4.74 Å². The predicted molar refractivity (Wildman–Crippen MR) is 142 cm³/mol. The third-order valence-electron chi connectivity index (χ3n) is 6.68.